The van der Waals surface area contributed by atoms with Gasteiger partial charge in [0, 0.05) is 23.0 Å². The van der Waals surface area contributed by atoms with E-state index >= 15 is 0 Å². The quantitative estimate of drug-likeness (QED) is 0.351. The number of aryl methyl sites for hydroxylation is 1. The molecule has 0 heterocycles. The Kier molecular flexibility index (Phi) is 7.49. The van der Waals surface area contributed by atoms with Gasteiger partial charge in [0.2, 0.25) is 0 Å². The molecule has 6 heteroatoms. The van der Waals surface area contributed by atoms with Gasteiger partial charge in [0.05, 0.1) is 0 Å². The fourth-order valence-corrected chi connectivity index (χ4v) is 4.04. The third-order valence-electron chi connectivity index (χ3n) is 5.38. The van der Waals surface area contributed by atoms with E-state index in [1.165, 1.54) is 0 Å². The molecular weight excluding hydrogens is 412 g/mol. The summed E-state index contributed by atoms with van der Waals surface area (Å²) in [7, 11) is -4.50. The molecule has 0 saturated heterocycles. The molecule has 0 aliphatic heterocycles. The van der Waals surface area contributed by atoms with Gasteiger partial charge in [0.1, 0.15) is 19.0 Å². The van der Waals surface area contributed by atoms with Crippen molar-refractivity contribution in [3.63, 3.8) is 0 Å². The second-order valence-corrected chi connectivity index (χ2v) is 8.73. The maximum atomic E-state index is 10.9. The summed E-state index contributed by atoms with van der Waals surface area (Å²) in [6.45, 7) is 6.04. The fourth-order valence-electron chi connectivity index (χ4n) is 3.77. The first-order chi connectivity index (χ1) is 14.8. The highest BCUT2D eigenvalue weighted by Gasteiger charge is 2.22. The van der Waals surface area contributed by atoms with E-state index in [4.69, 9.17) is 9.29 Å². The van der Waals surface area contributed by atoms with Crippen LogP contribution in [0.1, 0.15) is 53.5 Å². The summed E-state index contributed by atoms with van der Waals surface area (Å²) < 4.78 is 41.2. The van der Waals surface area contributed by atoms with E-state index in [-0.39, 0.29) is 25.0 Å². The second kappa shape index (κ2) is 10.1. The SMILES string of the molecule is Cc1cc(C(C)c2ccccc2)c(OCCOS(=O)(=O)O)c(C(C)c2ccccc2)c1. The smallest absolute Gasteiger partial charge is 0.397 e. The highest BCUT2D eigenvalue weighted by molar-refractivity contribution is 7.80. The lowest BCUT2D eigenvalue weighted by atomic mass is 9.85. The molecule has 0 aromatic heterocycles. The molecule has 5 nitrogen and oxygen atoms in total. The van der Waals surface area contributed by atoms with E-state index in [1.807, 2.05) is 36.4 Å². The number of hydrogen-bond acceptors (Lipinski definition) is 4. The van der Waals surface area contributed by atoms with Crippen LogP contribution in [0.2, 0.25) is 0 Å². The minimum Gasteiger partial charge on any atom is -0.491 e. The summed E-state index contributed by atoms with van der Waals surface area (Å²) in [4.78, 5) is 0. The van der Waals surface area contributed by atoms with Crippen LogP contribution in [0.25, 0.3) is 0 Å². The van der Waals surface area contributed by atoms with Crippen LogP contribution < -0.4 is 4.74 Å². The van der Waals surface area contributed by atoms with Crippen LogP contribution in [-0.2, 0) is 14.6 Å². The zero-order valence-corrected chi connectivity index (χ0v) is 18.8. The van der Waals surface area contributed by atoms with Crippen molar-refractivity contribution in [2.75, 3.05) is 13.2 Å². The third-order valence-corrected chi connectivity index (χ3v) is 5.85. The molecule has 0 saturated carbocycles. The summed E-state index contributed by atoms with van der Waals surface area (Å²) in [6, 6.07) is 24.6. The Morgan fingerprint density at radius 1 is 0.806 bits per heavy atom. The number of ether oxygens (including phenoxy) is 1. The lowest BCUT2D eigenvalue weighted by Crippen LogP contribution is -2.14. The van der Waals surface area contributed by atoms with Gasteiger partial charge >= 0.3 is 10.4 Å². The Morgan fingerprint density at radius 2 is 1.26 bits per heavy atom. The monoisotopic (exact) mass is 440 g/mol. The van der Waals surface area contributed by atoms with E-state index in [2.05, 4.69) is 61.4 Å². The average Bonchev–Trinajstić information content (AvgIpc) is 2.76. The molecule has 0 aliphatic rings. The molecule has 1 N–H and O–H groups in total. The van der Waals surface area contributed by atoms with Gasteiger partial charge in [-0.1, -0.05) is 92.2 Å². The first-order valence-electron chi connectivity index (χ1n) is 10.2. The molecule has 2 unspecified atom stereocenters. The Hall–Kier alpha value is -2.67. The lowest BCUT2D eigenvalue weighted by molar-refractivity contribution is 0.199. The van der Waals surface area contributed by atoms with Gasteiger partial charge in [-0.15, -0.1) is 0 Å². The van der Waals surface area contributed by atoms with E-state index in [9.17, 15) is 8.42 Å². The maximum Gasteiger partial charge on any atom is 0.397 e. The number of benzene rings is 3. The fraction of sp³-hybridized carbons (Fsp3) is 0.280. The van der Waals surface area contributed by atoms with Crippen molar-refractivity contribution in [1.29, 1.82) is 0 Å². The van der Waals surface area contributed by atoms with Crippen LogP contribution in [-0.4, -0.2) is 26.2 Å². The molecule has 0 bridgehead atoms. The molecule has 31 heavy (non-hydrogen) atoms. The summed E-state index contributed by atoms with van der Waals surface area (Å²) >= 11 is 0. The summed E-state index contributed by atoms with van der Waals surface area (Å²) in [5, 5.41) is 0. The first-order valence-corrected chi connectivity index (χ1v) is 11.6. The molecule has 2 atom stereocenters. The molecule has 164 valence electrons. The molecule has 3 aromatic rings. The molecule has 0 fully saturated rings. The molecule has 0 amide bonds. The summed E-state index contributed by atoms with van der Waals surface area (Å²) in [5.41, 5.74) is 5.49. The highest BCUT2D eigenvalue weighted by Crippen LogP contribution is 2.40. The Morgan fingerprint density at radius 3 is 1.68 bits per heavy atom. The van der Waals surface area contributed by atoms with Crippen LogP contribution in [0.3, 0.4) is 0 Å². The van der Waals surface area contributed by atoms with E-state index in [0.29, 0.717) is 0 Å². The van der Waals surface area contributed by atoms with Crippen LogP contribution in [0.15, 0.2) is 72.8 Å². The standard InChI is InChI=1S/C25H28O5S/c1-18-16-23(19(2)21-10-6-4-7-11-21)25(29-14-15-30-31(26,27)28)24(17-18)20(3)22-12-8-5-9-13-22/h4-13,16-17,19-20H,14-15H2,1-3H3,(H,26,27,28). The van der Waals surface area contributed by atoms with Crippen LogP contribution in [0.5, 0.6) is 5.75 Å². The number of rotatable bonds is 9. The van der Waals surface area contributed by atoms with Crippen molar-refractivity contribution in [3.05, 3.63) is 101 Å². The normalized spacial score (nSPS) is 13.5. The highest BCUT2D eigenvalue weighted by atomic mass is 32.3. The van der Waals surface area contributed by atoms with Crippen molar-refractivity contribution in [2.45, 2.75) is 32.6 Å². The molecule has 3 rings (SSSR count). The topological polar surface area (TPSA) is 72.8 Å². The van der Waals surface area contributed by atoms with Crippen molar-refractivity contribution >= 4 is 10.4 Å². The van der Waals surface area contributed by atoms with Gasteiger partial charge in [-0.25, -0.2) is 4.18 Å². The Balaban J connectivity index is 2.03. The number of hydrogen-bond donors (Lipinski definition) is 1. The van der Waals surface area contributed by atoms with Crippen molar-refractivity contribution in [3.8, 4) is 5.75 Å². The minimum atomic E-state index is -4.50. The average molecular weight is 441 g/mol. The van der Waals surface area contributed by atoms with E-state index in [1.54, 1.807) is 0 Å². The molecular formula is C25H28O5S. The van der Waals surface area contributed by atoms with Crippen LogP contribution >= 0.6 is 0 Å². The van der Waals surface area contributed by atoms with Crippen molar-refractivity contribution in [2.24, 2.45) is 0 Å². The Bertz CT molecular complexity index is 1030. The van der Waals surface area contributed by atoms with E-state index < -0.39 is 10.4 Å². The van der Waals surface area contributed by atoms with Crippen molar-refractivity contribution < 1.29 is 21.9 Å². The Labute approximate surface area is 184 Å². The molecule has 3 aromatic carbocycles. The second-order valence-electron chi connectivity index (χ2n) is 7.64. The van der Waals surface area contributed by atoms with Crippen LogP contribution in [0, 0.1) is 6.92 Å². The summed E-state index contributed by atoms with van der Waals surface area (Å²) in [6.07, 6.45) is 0. The third kappa shape index (κ3) is 6.17. The zero-order chi connectivity index (χ0) is 22.4. The van der Waals surface area contributed by atoms with Gasteiger partial charge < -0.3 is 4.74 Å². The van der Waals surface area contributed by atoms with Gasteiger partial charge in [-0.2, -0.15) is 8.42 Å². The zero-order valence-electron chi connectivity index (χ0n) is 18.0. The van der Waals surface area contributed by atoms with Crippen LogP contribution in [0.4, 0.5) is 0 Å². The van der Waals surface area contributed by atoms with Gasteiger partial charge in [-0.3, -0.25) is 4.55 Å². The lowest BCUT2D eigenvalue weighted by Gasteiger charge is -2.24. The largest absolute Gasteiger partial charge is 0.491 e. The van der Waals surface area contributed by atoms with Gasteiger partial charge in [-0.05, 0) is 18.1 Å². The minimum absolute atomic E-state index is 0.00807. The molecule has 0 radical (unpaired) electrons. The van der Waals surface area contributed by atoms with Crippen molar-refractivity contribution in [1.82, 2.24) is 0 Å². The molecule has 0 spiro atoms. The first kappa shape index (κ1) is 23.0. The maximum absolute atomic E-state index is 10.9. The predicted molar refractivity (Wildman–Crippen MR) is 122 cm³/mol. The summed E-state index contributed by atoms with van der Waals surface area (Å²) in [5.74, 6) is 0.859. The predicted octanol–water partition coefficient (Wildman–Crippen LogP) is 5.50. The molecule has 0 aliphatic carbocycles. The van der Waals surface area contributed by atoms with Gasteiger partial charge in [0.25, 0.3) is 0 Å². The van der Waals surface area contributed by atoms with Gasteiger partial charge in [0.15, 0.2) is 0 Å². The van der Waals surface area contributed by atoms with E-state index in [0.717, 1.165) is 33.6 Å².